The van der Waals surface area contributed by atoms with E-state index < -0.39 is 17.7 Å². The van der Waals surface area contributed by atoms with Crippen LogP contribution in [0.4, 0.5) is 0 Å². The summed E-state index contributed by atoms with van der Waals surface area (Å²) in [4.78, 5) is 23.0. The van der Waals surface area contributed by atoms with Gasteiger partial charge in [0.25, 0.3) is 0 Å². The van der Waals surface area contributed by atoms with Crippen LogP contribution in [-0.2, 0) is 4.74 Å². The lowest BCUT2D eigenvalue weighted by Gasteiger charge is -2.09. The minimum absolute atomic E-state index is 0.0548. The average molecular weight is 323 g/mol. The fourth-order valence-corrected chi connectivity index (χ4v) is 2.31. The number of fused-ring (bicyclic) bond motifs is 1. The smallest absolute Gasteiger partial charge is 0.339 e. The van der Waals surface area contributed by atoms with Crippen LogP contribution in [0.1, 0.15) is 40.5 Å². The highest BCUT2D eigenvalue weighted by Gasteiger charge is 2.17. The van der Waals surface area contributed by atoms with Gasteiger partial charge in [0, 0.05) is 5.39 Å². The molecular weight excluding hydrogens is 308 g/mol. The number of aromatic carboxylic acids is 1. The number of hydrogen-bond donors (Lipinski definition) is 2. The lowest BCUT2D eigenvalue weighted by Crippen LogP contribution is -2.06. The maximum Gasteiger partial charge on any atom is 0.339 e. The molecule has 2 aromatic carbocycles. The first-order valence-electron chi connectivity index (χ1n) is 6.81. The van der Waals surface area contributed by atoms with Crippen molar-refractivity contribution in [3.63, 3.8) is 0 Å². The van der Waals surface area contributed by atoms with Gasteiger partial charge in [-0.1, -0.05) is 31.0 Å². The second-order valence-electron chi connectivity index (χ2n) is 4.82. The molecule has 0 unspecified atom stereocenters. The molecule has 5 nitrogen and oxygen atoms in total. The molecule has 0 heterocycles. The Morgan fingerprint density at radius 1 is 1.27 bits per heavy atom. The van der Waals surface area contributed by atoms with Crippen LogP contribution in [0.25, 0.3) is 10.8 Å². The van der Waals surface area contributed by atoms with Gasteiger partial charge in [-0.3, -0.25) is 0 Å². The molecule has 2 rings (SSSR count). The molecule has 2 N–H and O–H groups in total. The average Bonchev–Trinajstić information content (AvgIpc) is 2.50. The van der Waals surface area contributed by atoms with Crippen LogP contribution < -0.4 is 0 Å². The zero-order valence-electron chi connectivity index (χ0n) is 11.9. The molecule has 0 amide bonds. The van der Waals surface area contributed by atoms with Gasteiger partial charge in [-0.2, -0.15) is 0 Å². The third-order valence-corrected chi connectivity index (χ3v) is 3.63. The van der Waals surface area contributed by atoms with Crippen LogP contribution in [0.5, 0.6) is 5.75 Å². The van der Waals surface area contributed by atoms with Crippen LogP contribution in [-0.4, -0.2) is 28.8 Å². The maximum atomic E-state index is 11.9. The van der Waals surface area contributed by atoms with E-state index >= 15 is 0 Å². The predicted molar refractivity (Wildman–Crippen MR) is 82.8 cm³/mol. The topological polar surface area (TPSA) is 83.8 Å². The molecule has 0 saturated heterocycles. The number of carbonyl (C=O) groups is 2. The monoisotopic (exact) mass is 322 g/mol. The third-order valence-electron chi connectivity index (χ3n) is 3.25. The summed E-state index contributed by atoms with van der Waals surface area (Å²) in [6.45, 7) is 2.33. The Labute approximate surface area is 132 Å². The Bertz CT molecular complexity index is 739. The number of aromatic hydroxyl groups is 1. The highest BCUT2D eigenvalue weighted by molar-refractivity contribution is 6.37. The summed E-state index contributed by atoms with van der Waals surface area (Å²) in [6.07, 6.45) is 1.70. The van der Waals surface area contributed by atoms with Gasteiger partial charge in [0.1, 0.15) is 11.3 Å². The SMILES string of the molecule is CCCCOC(=O)c1ccc2c(Cl)c(O)c(C(=O)O)cc2c1. The minimum atomic E-state index is -1.29. The maximum absolute atomic E-state index is 11.9. The number of rotatable bonds is 5. The van der Waals surface area contributed by atoms with Gasteiger partial charge in [-0.25, -0.2) is 9.59 Å². The van der Waals surface area contributed by atoms with Gasteiger partial charge in [-0.05, 0) is 30.0 Å². The lowest BCUT2D eigenvalue weighted by atomic mass is 10.0. The Hall–Kier alpha value is -2.27. The van der Waals surface area contributed by atoms with Gasteiger partial charge in [0.2, 0.25) is 0 Å². The largest absolute Gasteiger partial charge is 0.505 e. The highest BCUT2D eigenvalue weighted by atomic mass is 35.5. The number of phenols is 1. The number of carboxylic acid groups (broad SMARTS) is 1. The molecule has 22 heavy (non-hydrogen) atoms. The van der Waals surface area contributed by atoms with E-state index in [0.717, 1.165) is 12.8 Å². The number of hydrogen-bond acceptors (Lipinski definition) is 4. The molecule has 0 aliphatic heterocycles. The van der Waals surface area contributed by atoms with Gasteiger partial charge in [-0.15, -0.1) is 0 Å². The van der Waals surface area contributed by atoms with Crippen molar-refractivity contribution in [2.24, 2.45) is 0 Å². The molecule has 0 fully saturated rings. The van der Waals surface area contributed by atoms with E-state index in [0.29, 0.717) is 22.9 Å². The summed E-state index contributed by atoms with van der Waals surface area (Å²) in [7, 11) is 0. The molecule has 0 atom stereocenters. The molecule has 0 aliphatic rings. The molecule has 0 saturated carbocycles. The van der Waals surface area contributed by atoms with Crippen molar-refractivity contribution in [3.8, 4) is 5.75 Å². The van der Waals surface area contributed by atoms with Crippen LogP contribution >= 0.6 is 11.6 Å². The standard InChI is InChI=1S/C16H15ClO5/c1-2-3-6-22-16(21)9-4-5-11-10(7-9)8-12(15(19)20)14(18)13(11)17/h4-5,7-8,18H,2-3,6H2,1H3,(H,19,20). The van der Waals surface area contributed by atoms with Crippen LogP contribution in [0.2, 0.25) is 5.02 Å². The third kappa shape index (κ3) is 3.14. The lowest BCUT2D eigenvalue weighted by molar-refractivity contribution is 0.0499. The van der Waals surface area contributed by atoms with Crippen LogP contribution in [0.15, 0.2) is 24.3 Å². The first-order valence-corrected chi connectivity index (χ1v) is 7.19. The number of carboxylic acids is 1. The quantitative estimate of drug-likeness (QED) is 0.645. The first kappa shape index (κ1) is 16.1. The number of esters is 1. The van der Waals surface area contributed by atoms with E-state index in [9.17, 15) is 14.7 Å². The molecule has 116 valence electrons. The van der Waals surface area contributed by atoms with E-state index in [1.54, 1.807) is 6.07 Å². The Kier molecular flexibility index (Phi) is 4.88. The molecular formula is C16H15ClO5. The molecule has 2 aromatic rings. The molecule has 0 bridgehead atoms. The zero-order chi connectivity index (χ0) is 16.3. The van der Waals surface area contributed by atoms with Gasteiger partial charge in [0.05, 0.1) is 17.2 Å². The molecule has 0 radical (unpaired) electrons. The second-order valence-corrected chi connectivity index (χ2v) is 5.20. The first-order chi connectivity index (χ1) is 10.5. The van der Waals surface area contributed by atoms with Crippen molar-refractivity contribution in [3.05, 3.63) is 40.4 Å². The van der Waals surface area contributed by atoms with Crippen LogP contribution in [0, 0.1) is 0 Å². The molecule has 0 aliphatic carbocycles. The van der Waals surface area contributed by atoms with Crippen molar-refractivity contribution in [2.75, 3.05) is 6.61 Å². The molecule has 6 heteroatoms. The second kappa shape index (κ2) is 6.66. The fraction of sp³-hybridized carbons (Fsp3) is 0.250. The number of benzene rings is 2. The number of halogens is 1. The van der Waals surface area contributed by atoms with Crippen molar-refractivity contribution in [1.29, 1.82) is 0 Å². The van der Waals surface area contributed by atoms with Crippen molar-refractivity contribution in [1.82, 2.24) is 0 Å². The Balaban J connectivity index is 2.43. The summed E-state index contributed by atoms with van der Waals surface area (Å²) in [5, 5.41) is 19.7. The van der Waals surface area contributed by atoms with Gasteiger partial charge in [0.15, 0.2) is 0 Å². The van der Waals surface area contributed by atoms with Gasteiger partial charge >= 0.3 is 11.9 Å². The predicted octanol–water partition coefficient (Wildman–Crippen LogP) is 3.85. The Morgan fingerprint density at radius 2 is 2.00 bits per heavy atom. The van der Waals surface area contributed by atoms with E-state index in [-0.39, 0.29) is 10.6 Å². The van der Waals surface area contributed by atoms with E-state index in [1.807, 2.05) is 6.92 Å². The fourth-order valence-electron chi connectivity index (χ4n) is 2.03. The van der Waals surface area contributed by atoms with Gasteiger partial charge < -0.3 is 14.9 Å². The van der Waals surface area contributed by atoms with E-state index in [1.165, 1.54) is 18.2 Å². The summed E-state index contributed by atoms with van der Waals surface area (Å²) < 4.78 is 5.11. The highest BCUT2D eigenvalue weighted by Crippen LogP contribution is 2.36. The van der Waals surface area contributed by atoms with Crippen molar-refractivity contribution < 1.29 is 24.5 Å². The molecule has 0 spiro atoms. The summed E-state index contributed by atoms with van der Waals surface area (Å²) >= 11 is 5.98. The number of carbonyl (C=O) groups excluding carboxylic acids is 1. The van der Waals surface area contributed by atoms with Crippen molar-refractivity contribution >= 4 is 34.3 Å². The summed E-state index contributed by atoms with van der Waals surface area (Å²) in [6, 6.07) is 5.87. The zero-order valence-corrected chi connectivity index (χ0v) is 12.7. The van der Waals surface area contributed by atoms with Crippen LogP contribution in [0.3, 0.4) is 0 Å². The van der Waals surface area contributed by atoms with E-state index in [4.69, 9.17) is 21.4 Å². The Morgan fingerprint density at radius 3 is 2.64 bits per heavy atom. The molecule has 0 aromatic heterocycles. The normalized spacial score (nSPS) is 10.6. The summed E-state index contributed by atoms with van der Waals surface area (Å²) in [5.74, 6) is -2.26. The van der Waals surface area contributed by atoms with E-state index in [2.05, 4.69) is 0 Å². The minimum Gasteiger partial charge on any atom is -0.505 e. The number of ether oxygens (including phenoxy) is 1. The summed E-state index contributed by atoms with van der Waals surface area (Å²) in [5.41, 5.74) is -0.00398. The number of unbranched alkanes of at least 4 members (excludes halogenated alkanes) is 1. The van der Waals surface area contributed by atoms with Crippen molar-refractivity contribution in [2.45, 2.75) is 19.8 Å².